The van der Waals surface area contributed by atoms with E-state index in [1.807, 2.05) is 27.5 Å². The van der Waals surface area contributed by atoms with Gasteiger partial charge in [0.25, 0.3) is 5.56 Å². The van der Waals surface area contributed by atoms with Crippen molar-refractivity contribution in [3.8, 4) is 0 Å². The topological polar surface area (TPSA) is 69.3 Å². The molecule has 0 bridgehead atoms. The highest BCUT2D eigenvalue weighted by Crippen LogP contribution is 2.14. The number of likely N-dealkylation sites (tertiary alicyclic amines) is 1. The van der Waals surface area contributed by atoms with Crippen LogP contribution in [0.2, 0.25) is 0 Å². The molecule has 0 radical (unpaired) electrons. The van der Waals surface area contributed by atoms with E-state index in [-0.39, 0.29) is 18.0 Å². The number of rotatable bonds is 3. The van der Waals surface area contributed by atoms with Crippen LogP contribution in [0.4, 0.5) is 5.82 Å². The lowest BCUT2D eigenvalue weighted by Crippen LogP contribution is -2.38. The smallest absolute Gasteiger partial charge is 0.266 e. The molecular weight excluding hydrogens is 347 g/mol. The maximum Gasteiger partial charge on any atom is 0.266 e. The molecular formula is C11H15IN4O2. The van der Waals surface area contributed by atoms with E-state index in [4.69, 9.17) is 0 Å². The van der Waals surface area contributed by atoms with Gasteiger partial charge in [0.2, 0.25) is 5.91 Å². The molecule has 0 saturated carbocycles. The number of carbonyl (C=O) groups is 1. The van der Waals surface area contributed by atoms with Crippen LogP contribution in [0.3, 0.4) is 0 Å². The lowest BCUT2D eigenvalue weighted by molar-refractivity contribution is -0.128. The van der Waals surface area contributed by atoms with E-state index in [9.17, 15) is 9.59 Å². The van der Waals surface area contributed by atoms with Crippen molar-refractivity contribution in [3.63, 3.8) is 0 Å². The molecule has 0 aliphatic carbocycles. The zero-order valence-corrected chi connectivity index (χ0v) is 12.3. The molecule has 1 fully saturated rings. The molecule has 0 aromatic carbocycles. The van der Waals surface area contributed by atoms with E-state index in [1.54, 1.807) is 11.9 Å². The number of carbonyl (C=O) groups excluding carboxylic acids is 1. The minimum atomic E-state index is -0.180. The van der Waals surface area contributed by atoms with Gasteiger partial charge in [0, 0.05) is 20.1 Å². The van der Waals surface area contributed by atoms with Crippen LogP contribution in [0, 0.1) is 3.57 Å². The molecule has 18 heavy (non-hydrogen) atoms. The van der Waals surface area contributed by atoms with Gasteiger partial charge >= 0.3 is 0 Å². The van der Waals surface area contributed by atoms with E-state index in [2.05, 4.69) is 9.97 Å². The Morgan fingerprint density at radius 1 is 1.56 bits per heavy atom. The maximum absolute atomic E-state index is 12.0. The summed E-state index contributed by atoms with van der Waals surface area (Å²) < 4.78 is 0.506. The number of hydrogen-bond acceptors (Lipinski definition) is 4. The SMILES string of the molecule is CN(CC(=O)N1CCCC1)c1nc[nH]c(=O)c1I. The van der Waals surface area contributed by atoms with Crippen molar-refractivity contribution in [3.05, 3.63) is 20.3 Å². The van der Waals surface area contributed by atoms with Crippen molar-refractivity contribution in [1.29, 1.82) is 0 Å². The average Bonchev–Trinajstić information content (AvgIpc) is 2.86. The molecule has 2 heterocycles. The van der Waals surface area contributed by atoms with E-state index in [0.717, 1.165) is 25.9 Å². The molecule has 1 saturated heterocycles. The first-order valence-corrected chi connectivity index (χ1v) is 6.89. The van der Waals surface area contributed by atoms with Gasteiger partial charge in [0.15, 0.2) is 0 Å². The molecule has 1 amide bonds. The second kappa shape index (κ2) is 5.68. The van der Waals surface area contributed by atoms with Crippen LogP contribution in [0.1, 0.15) is 12.8 Å². The number of amides is 1. The van der Waals surface area contributed by atoms with Gasteiger partial charge in [0.1, 0.15) is 9.39 Å². The third-order valence-electron chi connectivity index (χ3n) is 2.97. The molecule has 98 valence electrons. The number of nitrogens with zero attached hydrogens (tertiary/aromatic N) is 3. The Balaban J connectivity index is 2.07. The van der Waals surface area contributed by atoms with Crippen LogP contribution in [0.25, 0.3) is 0 Å². The number of nitrogens with one attached hydrogen (secondary N) is 1. The van der Waals surface area contributed by atoms with Crippen molar-refractivity contribution in [1.82, 2.24) is 14.9 Å². The Morgan fingerprint density at radius 3 is 2.89 bits per heavy atom. The fourth-order valence-electron chi connectivity index (χ4n) is 1.98. The predicted molar refractivity (Wildman–Crippen MR) is 76.7 cm³/mol. The monoisotopic (exact) mass is 362 g/mol. The lowest BCUT2D eigenvalue weighted by atomic mass is 10.4. The summed E-state index contributed by atoms with van der Waals surface area (Å²) >= 11 is 1.94. The molecule has 1 aliphatic heterocycles. The van der Waals surface area contributed by atoms with Gasteiger partial charge in [-0.25, -0.2) is 4.98 Å². The van der Waals surface area contributed by atoms with Crippen molar-refractivity contribution in [2.24, 2.45) is 0 Å². The first kappa shape index (κ1) is 13.3. The molecule has 0 unspecified atom stereocenters. The summed E-state index contributed by atoms with van der Waals surface area (Å²) in [5.74, 6) is 0.639. The number of likely N-dealkylation sites (N-methyl/N-ethyl adjacent to an activating group) is 1. The van der Waals surface area contributed by atoms with E-state index in [1.165, 1.54) is 6.33 Å². The Hall–Kier alpha value is -1.12. The van der Waals surface area contributed by atoms with Crippen LogP contribution in [-0.2, 0) is 4.79 Å². The molecule has 1 N–H and O–H groups in total. The average molecular weight is 362 g/mol. The minimum absolute atomic E-state index is 0.0906. The largest absolute Gasteiger partial charge is 0.349 e. The maximum atomic E-state index is 12.0. The number of aromatic nitrogens is 2. The normalized spacial score (nSPS) is 14.9. The molecule has 1 aromatic rings. The molecule has 1 aromatic heterocycles. The van der Waals surface area contributed by atoms with Gasteiger partial charge in [-0.2, -0.15) is 0 Å². The fraction of sp³-hybridized carbons (Fsp3) is 0.545. The molecule has 0 atom stereocenters. The quantitative estimate of drug-likeness (QED) is 0.793. The van der Waals surface area contributed by atoms with Gasteiger partial charge in [-0.15, -0.1) is 0 Å². The van der Waals surface area contributed by atoms with Crippen LogP contribution in [-0.4, -0.2) is 47.5 Å². The second-order valence-electron chi connectivity index (χ2n) is 4.31. The second-order valence-corrected chi connectivity index (χ2v) is 5.39. The number of aromatic amines is 1. The summed E-state index contributed by atoms with van der Waals surface area (Å²) in [5, 5.41) is 0. The van der Waals surface area contributed by atoms with E-state index in [0.29, 0.717) is 9.39 Å². The minimum Gasteiger partial charge on any atom is -0.349 e. The van der Waals surface area contributed by atoms with Crippen LogP contribution >= 0.6 is 22.6 Å². The summed E-state index contributed by atoms with van der Waals surface area (Å²) in [4.78, 5) is 33.7. The summed E-state index contributed by atoms with van der Waals surface area (Å²) in [6, 6.07) is 0. The van der Waals surface area contributed by atoms with Gasteiger partial charge in [0.05, 0.1) is 12.9 Å². The predicted octanol–water partition coefficient (Wildman–Crippen LogP) is 0.433. The zero-order valence-electron chi connectivity index (χ0n) is 10.1. The molecule has 2 rings (SSSR count). The summed E-state index contributed by atoms with van der Waals surface area (Å²) in [6.45, 7) is 1.94. The van der Waals surface area contributed by atoms with E-state index < -0.39 is 0 Å². The first-order valence-electron chi connectivity index (χ1n) is 5.81. The van der Waals surface area contributed by atoms with Crippen molar-refractivity contribution in [2.45, 2.75) is 12.8 Å². The Morgan fingerprint density at radius 2 is 2.22 bits per heavy atom. The molecule has 7 heteroatoms. The van der Waals surface area contributed by atoms with Gasteiger partial charge in [-0.1, -0.05) is 0 Å². The standard InChI is InChI=1S/C11H15IN4O2/c1-15(6-8(17)16-4-2-3-5-16)10-9(12)11(18)14-7-13-10/h7H,2-6H2,1H3,(H,13,14,18). The summed E-state index contributed by atoms with van der Waals surface area (Å²) in [6.07, 6.45) is 3.52. The number of H-pyrrole nitrogens is 1. The van der Waals surface area contributed by atoms with Crippen LogP contribution < -0.4 is 10.5 Å². The number of hydrogen-bond donors (Lipinski definition) is 1. The summed E-state index contributed by atoms with van der Waals surface area (Å²) in [7, 11) is 1.78. The summed E-state index contributed by atoms with van der Waals surface area (Å²) in [5.41, 5.74) is -0.180. The molecule has 0 spiro atoms. The number of halogens is 1. The highest BCUT2D eigenvalue weighted by molar-refractivity contribution is 14.1. The number of anilines is 1. The highest BCUT2D eigenvalue weighted by atomic mass is 127. The first-order chi connectivity index (χ1) is 8.59. The third-order valence-corrected chi connectivity index (χ3v) is 3.94. The Labute approximate surface area is 119 Å². The van der Waals surface area contributed by atoms with Gasteiger partial charge < -0.3 is 14.8 Å². The zero-order chi connectivity index (χ0) is 13.1. The van der Waals surface area contributed by atoms with Crippen LogP contribution in [0.5, 0.6) is 0 Å². The van der Waals surface area contributed by atoms with Gasteiger partial charge in [-0.3, -0.25) is 9.59 Å². The Bertz CT molecular complexity index is 496. The van der Waals surface area contributed by atoms with Gasteiger partial charge in [-0.05, 0) is 35.4 Å². The van der Waals surface area contributed by atoms with Crippen molar-refractivity contribution >= 4 is 34.3 Å². The molecule has 6 nitrogen and oxygen atoms in total. The van der Waals surface area contributed by atoms with Crippen molar-refractivity contribution in [2.75, 3.05) is 31.6 Å². The third kappa shape index (κ3) is 2.82. The highest BCUT2D eigenvalue weighted by Gasteiger charge is 2.20. The van der Waals surface area contributed by atoms with Crippen LogP contribution in [0.15, 0.2) is 11.1 Å². The Kier molecular flexibility index (Phi) is 4.20. The molecule has 1 aliphatic rings. The van der Waals surface area contributed by atoms with E-state index >= 15 is 0 Å². The van der Waals surface area contributed by atoms with Crippen molar-refractivity contribution < 1.29 is 4.79 Å². The lowest BCUT2D eigenvalue weighted by Gasteiger charge is -2.22. The fourth-order valence-corrected chi connectivity index (χ4v) is 2.69.